The number of phenols is 1. The molecule has 4 nitrogen and oxygen atoms in total. The number of nitrogens with one attached hydrogen (secondary N) is 1. The van der Waals surface area contributed by atoms with Crippen molar-refractivity contribution in [2.45, 2.75) is 26.8 Å². The molecule has 0 saturated carbocycles. The highest BCUT2D eigenvalue weighted by molar-refractivity contribution is 5.96. The number of carbonyl (C=O) groups is 1. The van der Waals surface area contributed by atoms with Gasteiger partial charge >= 0.3 is 0 Å². The number of rotatable bonds is 5. The van der Waals surface area contributed by atoms with Crippen LogP contribution in [0.2, 0.25) is 0 Å². The minimum atomic E-state index is -0.106. The van der Waals surface area contributed by atoms with Crippen molar-refractivity contribution >= 4 is 5.91 Å². The van der Waals surface area contributed by atoms with Crippen LogP contribution in [0.1, 0.15) is 33.5 Å². The van der Waals surface area contributed by atoms with Crippen molar-refractivity contribution in [3.63, 3.8) is 0 Å². The fourth-order valence-electron chi connectivity index (χ4n) is 3.45. The number of hydrogen-bond acceptors (Lipinski definition) is 3. The predicted molar refractivity (Wildman–Crippen MR) is 99.7 cm³/mol. The molecule has 1 amide bonds. The molecule has 1 aliphatic heterocycles. The van der Waals surface area contributed by atoms with Crippen molar-refractivity contribution in [3.8, 4) is 5.75 Å². The number of aryl methyl sites for hydroxylation is 1. The highest BCUT2D eigenvalue weighted by atomic mass is 16.3. The molecule has 1 unspecified atom stereocenters. The van der Waals surface area contributed by atoms with Crippen LogP contribution in [-0.4, -0.2) is 35.5 Å². The molecular formula is C21H26N2O2. The van der Waals surface area contributed by atoms with Crippen LogP contribution in [-0.2, 0) is 6.54 Å². The van der Waals surface area contributed by atoms with E-state index in [2.05, 4.69) is 41.4 Å². The highest BCUT2D eigenvalue weighted by Crippen LogP contribution is 2.21. The molecule has 0 aliphatic carbocycles. The van der Waals surface area contributed by atoms with Gasteiger partial charge in [-0.3, -0.25) is 9.69 Å². The second-order valence-electron chi connectivity index (χ2n) is 6.98. The van der Waals surface area contributed by atoms with Crippen molar-refractivity contribution in [1.29, 1.82) is 0 Å². The monoisotopic (exact) mass is 338 g/mol. The van der Waals surface area contributed by atoms with Crippen LogP contribution in [0.25, 0.3) is 0 Å². The standard InChI is InChI=1S/C21H26N2O2/c1-15-6-3-4-7-18(15)14-23-11-10-17(13-23)12-22-21(25)19-8-5-9-20(24)16(19)2/h3-9,17,24H,10-14H2,1-2H3,(H,22,25). The average molecular weight is 338 g/mol. The van der Waals surface area contributed by atoms with Gasteiger partial charge in [-0.25, -0.2) is 0 Å². The number of phenolic OH excluding ortho intramolecular Hbond substituents is 1. The van der Waals surface area contributed by atoms with Gasteiger partial charge in [0.1, 0.15) is 5.75 Å². The Morgan fingerprint density at radius 2 is 2.00 bits per heavy atom. The molecule has 4 heteroatoms. The topological polar surface area (TPSA) is 52.6 Å². The number of amides is 1. The van der Waals surface area contributed by atoms with Gasteiger partial charge in [0.25, 0.3) is 5.91 Å². The molecule has 0 radical (unpaired) electrons. The van der Waals surface area contributed by atoms with Crippen LogP contribution in [0, 0.1) is 19.8 Å². The molecule has 132 valence electrons. The van der Waals surface area contributed by atoms with Crippen LogP contribution in [0.4, 0.5) is 0 Å². The first-order valence-electron chi connectivity index (χ1n) is 8.88. The largest absolute Gasteiger partial charge is 0.508 e. The summed E-state index contributed by atoms with van der Waals surface area (Å²) in [7, 11) is 0. The lowest BCUT2D eigenvalue weighted by atomic mass is 10.1. The summed E-state index contributed by atoms with van der Waals surface area (Å²) in [6.07, 6.45) is 1.10. The number of likely N-dealkylation sites (tertiary alicyclic amines) is 1. The summed E-state index contributed by atoms with van der Waals surface area (Å²) in [5, 5.41) is 12.8. The summed E-state index contributed by atoms with van der Waals surface area (Å²) in [6, 6.07) is 13.6. The maximum atomic E-state index is 12.4. The Balaban J connectivity index is 1.51. The van der Waals surface area contributed by atoms with Crippen molar-refractivity contribution in [2.24, 2.45) is 5.92 Å². The van der Waals surface area contributed by atoms with E-state index in [0.29, 0.717) is 23.6 Å². The van der Waals surface area contributed by atoms with Crippen molar-refractivity contribution in [2.75, 3.05) is 19.6 Å². The first-order chi connectivity index (χ1) is 12.0. The van der Waals surface area contributed by atoms with E-state index < -0.39 is 0 Å². The zero-order valence-corrected chi connectivity index (χ0v) is 15.0. The third kappa shape index (κ3) is 4.20. The first kappa shape index (κ1) is 17.5. The molecular weight excluding hydrogens is 312 g/mol. The lowest BCUT2D eigenvalue weighted by Gasteiger charge is -2.18. The second-order valence-corrected chi connectivity index (χ2v) is 6.98. The van der Waals surface area contributed by atoms with Crippen molar-refractivity contribution in [1.82, 2.24) is 10.2 Å². The normalized spacial score (nSPS) is 17.6. The first-order valence-corrected chi connectivity index (χ1v) is 8.88. The van der Waals surface area contributed by atoms with E-state index in [-0.39, 0.29) is 11.7 Å². The zero-order chi connectivity index (χ0) is 17.8. The molecule has 1 aliphatic rings. The molecule has 2 N–H and O–H groups in total. The van der Waals surface area contributed by atoms with Crippen LogP contribution in [0.3, 0.4) is 0 Å². The van der Waals surface area contributed by atoms with Crippen LogP contribution in [0.5, 0.6) is 5.75 Å². The van der Waals surface area contributed by atoms with Gasteiger partial charge in [0.05, 0.1) is 0 Å². The van der Waals surface area contributed by atoms with E-state index in [1.165, 1.54) is 11.1 Å². The molecule has 1 heterocycles. The van der Waals surface area contributed by atoms with Crippen LogP contribution >= 0.6 is 0 Å². The Morgan fingerprint density at radius 1 is 1.20 bits per heavy atom. The number of hydrogen-bond donors (Lipinski definition) is 2. The Kier molecular flexibility index (Phi) is 5.39. The van der Waals surface area contributed by atoms with Gasteiger partial charge in [-0.1, -0.05) is 30.3 Å². The van der Waals surface area contributed by atoms with Crippen LogP contribution in [0.15, 0.2) is 42.5 Å². The maximum absolute atomic E-state index is 12.4. The van der Waals surface area contributed by atoms with E-state index in [1.807, 2.05) is 0 Å². The van der Waals surface area contributed by atoms with Crippen LogP contribution < -0.4 is 5.32 Å². The summed E-state index contributed by atoms with van der Waals surface area (Å²) in [6.45, 7) is 7.65. The molecule has 0 spiro atoms. The number of aromatic hydroxyl groups is 1. The highest BCUT2D eigenvalue weighted by Gasteiger charge is 2.23. The molecule has 1 atom stereocenters. The summed E-state index contributed by atoms with van der Waals surface area (Å²) in [5.74, 6) is 0.536. The van der Waals surface area contributed by atoms with E-state index >= 15 is 0 Å². The van der Waals surface area contributed by atoms with Gasteiger partial charge < -0.3 is 10.4 Å². The van der Waals surface area contributed by atoms with E-state index in [4.69, 9.17) is 0 Å². The van der Waals surface area contributed by atoms with Gasteiger partial charge in [-0.05, 0) is 56.0 Å². The predicted octanol–water partition coefficient (Wildman–Crippen LogP) is 3.26. The van der Waals surface area contributed by atoms with Gasteiger partial charge in [-0.15, -0.1) is 0 Å². The third-order valence-electron chi connectivity index (χ3n) is 5.13. The van der Waals surface area contributed by atoms with Crippen molar-refractivity contribution < 1.29 is 9.90 Å². The van der Waals surface area contributed by atoms with E-state index in [0.717, 1.165) is 26.1 Å². The second kappa shape index (κ2) is 7.70. The number of nitrogens with zero attached hydrogens (tertiary/aromatic N) is 1. The molecule has 1 fully saturated rings. The Hall–Kier alpha value is -2.33. The fraction of sp³-hybridized carbons (Fsp3) is 0.381. The lowest BCUT2D eigenvalue weighted by Crippen LogP contribution is -2.31. The minimum Gasteiger partial charge on any atom is -0.508 e. The lowest BCUT2D eigenvalue weighted by molar-refractivity contribution is 0.0946. The zero-order valence-electron chi connectivity index (χ0n) is 15.0. The Morgan fingerprint density at radius 3 is 2.80 bits per heavy atom. The number of carbonyl (C=O) groups excluding carboxylic acids is 1. The van der Waals surface area contributed by atoms with Gasteiger partial charge in [-0.2, -0.15) is 0 Å². The van der Waals surface area contributed by atoms with E-state index in [1.54, 1.807) is 25.1 Å². The minimum absolute atomic E-state index is 0.106. The fourth-order valence-corrected chi connectivity index (χ4v) is 3.45. The third-order valence-corrected chi connectivity index (χ3v) is 5.13. The molecule has 0 bridgehead atoms. The van der Waals surface area contributed by atoms with Crippen molar-refractivity contribution in [3.05, 3.63) is 64.7 Å². The quantitative estimate of drug-likeness (QED) is 0.880. The van der Waals surface area contributed by atoms with Gasteiger partial charge in [0.15, 0.2) is 0 Å². The summed E-state index contributed by atoms with van der Waals surface area (Å²) in [5.41, 5.74) is 3.89. The molecule has 0 aromatic heterocycles. The molecule has 3 rings (SSSR count). The van der Waals surface area contributed by atoms with E-state index in [9.17, 15) is 9.90 Å². The van der Waals surface area contributed by atoms with Gasteiger partial charge in [0, 0.05) is 30.8 Å². The SMILES string of the molecule is Cc1ccccc1CN1CCC(CNC(=O)c2cccc(O)c2C)C1. The number of benzene rings is 2. The molecule has 25 heavy (non-hydrogen) atoms. The smallest absolute Gasteiger partial charge is 0.251 e. The average Bonchev–Trinajstić information content (AvgIpc) is 3.05. The Bertz CT molecular complexity index is 757. The Labute approximate surface area is 149 Å². The summed E-state index contributed by atoms with van der Waals surface area (Å²) >= 11 is 0. The molecule has 2 aromatic rings. The molecule has 1 saturated heterocycles. The summed E-state index contributed by atoms with van der Waals surface area (Å²) < 4.78 is 0. The molecule has 2 aromatic carbocycles. The summed E-state index contributed by atoms with van der Waals surface area (Å²) in [4.78, 5) is 14.8. The maximum Gasteiger partial charge on any atom is 0.251 e. The van der Waals surface area contributed by atoms with Gasteiger partial charge in [0.2, 0.25) is 0 Å².